The van der Waals surface area contributed by atoms with E-state index in [1.807, 2.05) is 6.07 Å². The van der Waals surface area contributed by atoms with Gasteiger partial charge in [0.05, 0.1) is 11.3 Å². The summed E-state index contributed by atoms with van der Waals surface area (Å²) in [5.41, 5.74) is 1.83. The van der Waals surface area contributed by atoms with E-state index in [9.17, 15) is 18.0 Å². The average Bonchev–Trinajstić information content (AvgIpc) is 3.24. The Morgan fingerprint density at radius 1 is 1.25 bits per heavy atom. The molecule has 0 aromatic carbocycles. The van der Waals surface area contributed by atoms with Crippen molar-refractivity contribution >= 4 is 22.6 Å². The number of anilines is 1. The summed E-state index contributed by atoms with van der Waals surface area (Å²) in [6.07, 6.45) is 1.89. The van der Waals surface area contributed by atoms with Gasteiger partial charge < -0.3 is 15.6 Å². The highest BCUT2D eigenvalue weighted by molar-refractivity contribution is 6.06. The summed E-state index contributed by atoms with van der Waals surface area (Å²) in [4.78, 5) is 25.5. The van der Waals surface area contributed by atoms with E-state index < -0.39 is 11.9 Å². The van der Waals surface area contributed by atoms with E-state index in [2.05, 4.69) is 37.4 Å². The first-order valence-electron chi connectivity index (χ1n) is 10.5. The fraction of sp³-hybridized carbons (Fsp3) is 0.409. The molecule has 0 unspecified atom stereocenters. The molecule has 7 nitrogen and oxygen atoms in total. The standard InChI is InChI=1S/C22H25F3N6O/c1-13-9-15(6-8-31(13)12-14-3-4-18(28-10-14)22(23,24)25)30-19-16-5-7-27-20(16)29-11-17(19)21(32)26-2/h3-5,7,10-11,13,15H,6,8-9,12H2,1-2H3,(H,26,32)(H2,27,29,30)/t13-,15-/m1/s1. The summed E-state index contributed by atoms with van der Waals surface area (Å²) in [6.45, 7) is 3.42. The minimum absolute atomic E-state index is 0.149. The number of aromatic nitrogens is 3. The maximum Gasteiger partial charge on any atom is 0.433 e. The van der Waals surface area contributed by atoms with Crippen molar-refractivity contribution in [1.82, 2.24) is 25.2 Å². The summed E-state index contributed by atoms with van der Waals surface area (Å²) in [6, 6.07) is 4.77. The number of piperidine rings is 1. The fourth-order valence-electron chi connectivity index (χ4n) is 4.18. The molecule has 1 aliphatic rings. The number of pyridine rings is 2. The Labute approximate surface area is 183 Å². The first-order chi connectivity index (χ1) is 15.3. The molecule has 3 aromatic heterocycles. The van der Waals surface area contributed by atoms with Gasteiger partial charge in [-0.3, -0.25) is 14.7 Å². The molecular formula is C22H25F3N6O. The van der Waals surface area contributed by atoms with Gasteiger partial charge in [-0.1, -0.05) is 6.07 Å². The Bertz CT molecular complexity index is 1100. The van der Waals surface area contributed by atoms with Crippen molar-refractivity contribution < 1.29 is 18.0 Å². The van der Waals surface area contributed by atoms with Gasteiger partial charge in [0.15, 0.2) is 0 Å². The van der Waals surface area contributed by atoms with E-state index in [1.165, 1.54) is 12.3 Å². The summed E-state index contributed by atoms with van der Waals surface area (Å²) >= 11 is 0. The van der Waals surface area contributed by atoms with Crippen molar-refractivity contribution in [3.63, 3.8) is 0 Å². The lowest BCUT2D eigenvalue weighted by Crippen LogP contribution is -2.44. The van der Waals surface area contributed by atoms with Gasteiger partial charge in [0.1, 0.15) is 11.3 Å². The average molecular weight is 446 g/mol. The van der Waals surface area contributed by atoms with Crippen molar-refractivity contribution in [3.05, 3.63) is 53.6 Å². The van der Waals surface area contributed by atoms with E-state index >= 15 is 0 Å². The van der Waals surface area contributed by atoms with Gasteiger partial charge in [0.25, 0.3) is 5.91 Å². The topological polar surface area (TPSA) is 85.9 Å². The lowest BCUT2D eigenvalue weighted by molar-refractivity contribution is -0.141. The van der Waals surface area contributed by atoms with E-state index in [4.69, 9.17) is 0 Å². The van der Waals surface area contributed by atoms with Crippen LogP contribution in [-0.4, -0.2) is 51.4 Å². The van der Waals surface area contributed by atoms with Crippen LogP contribution in [0.3, 0.4) is 0 Å². The molecule has 1 fully saturated rings. The third-order valence-corrected chi connectivity index (χ3v) is 5.92. The number of halogens is 3. The third kappa shape index (κ3) is 4.55. The molecule has 0 radical (unpaired) electrons. The number of alkyl halides is 3. The van der Waals surface area contributed by atoms with Crippen LogP contribution < -0.4 is 10.6 Å². The van der Waals surface area contributed by atoms with Crippen LogP contribution in [0.15, 0.2) is 36.8 Å². The number of rotatable bonds is 5. The van der Waals surface area contributed by atoms with E-state index in [1.54, 1.807) is 19.4 Å². The fourth-order valence-corrected chi connectivity index (χ4v) is 4.18. The van der Waals surface area contributed by atoms with E-state index in [-0.39, 0.29) is 18.0 Å². The first kappa shape index (κ1) is 22.1. The molecule has 10 heteroatoms. The number of fused-ring (bicyclic) bond motifs is 1. The van der Waals surface area contributed by atoms with Gasteiger partial charge in [0, 0.05) is 56.2 Å². The van der Waals surface area contributed by atoms with Gasteiger partial charge in [0.2, 0.25) is 0 Å². The summed E-state index contributed by atoms with van der Waals surface area (Å²) in [5, 5.41) is 7.06. The van der Waals surface area contributed by atoms with Gasteiger partial charge in [-0.15, -0.1) is 0 Å². The number of carbonyl (C=O) groups is 1. The van der Waals surface area contributed by atoms with Crippen molar-refractivity contribution in [3.8, 4) is 0 Å². The van der Waals surface area contributed by atoms with Gasteiger partial charge in [-0.05, 0) is 37.5 Å². The lowest BCUT2D eigenvalue weighted by Gasteiger charge is -2.38. The molecule has 170 valence electrons. The van der Waals surface area contributed by atoms with Crippen LogP contribution in [0.1, 0.15) is 41.4 Å². The molecule has 4 heterocycles. The van der Waals surface area contributed by atoms with Crippen molar-refractivity contribution in [1.29, 1.82) is 0 Å². The zero-order chi connectivity index (χ0) is 22.9. The second kappa shape index (κ2) is 8.78. The number of nitrogens with one attached hydrogen (secondary N) is 3. The van der Waals surface area contributed by atoms with Crippen LogP contribution in [0.25, 0.3) is 11.0 Å². The molecule has 2 atom stereocenters. The second-order valence-electron chi connectivity index (χ2n) is 8.10. The molecule has 0 bridgehead atoms. The second-order valence-corrected chi connectivity index (χ2v) is 8.10. The zero-order valence-corrected chi connectivity index (χ0v) is 17.8. The number of hydrogen-bond acceptors (Lipinski definition) is 5. The van der Waals surface area contributed by atoms with E-state index in [0.717, 1.165) is 42.1 Å². The van der Waals surface area contributed by atoms with Crippen molar-refractivity contribution in [2.75, 3.05) is 18.9 Å². The molecule has 0 saturated carbocycles. The van der Waals surface area contributed by atoms with Gasteiger partial charge >= 0.3 is 6.18 Å². The maximum absolute atomic E-state index is 12.7. The summed E-state index contributed by atoms with van der Waals surface area (Å²) in [5.74, 6) is -0.205. The smallest absolute Gasteiger partial charge is 0.381 e. The highest BCUT2D eigenvalue weighted by Gasteiger charge is 2.32. The normalized spacial score (nSPS) is 19.8. The van der Waals surface area contributed by atoms with Crippen LogP contribution >= 0.6 is 0 Å². The number of hydrogen-bond donors (Lipinski definition) is 3. The third-order valence-electron chi connectivity index (χ3n) is 5.92. The van der Waals surface area contributed by atoms with Crippen LogP contribution in [0, 0.1) is 0 Å². The number of aromatic amines is 1. The molecular weight excluding hydrogens is 421 g/mol. The van der Waals surface area contributed by atoms with Crippen molar-refractivity contribution in [2.24, 2.45) is 0 Å². The Kier molecular flexibility index (Phi) is 6.05. The largest absolute Gasteiger partial charge is 0.433 e. The highest BCUT2D eigenvalue weighted by atomic mass is 19.4. The number of nitrogens with zero attached hydrogens (tertiary/aromatic N) is 3. The Hall–Kier alpha value is -3.14. The minimum Gasteiger partial charge on any atom is -0.381 e. The van der Waals surface area contributed by atoms with Gasteiger partial charge in [-0.25, -0.2) is 4.98 Å². The number of likely N-dealkylation sites (tertiary alicyclic amines) is 1. The molecule has 1 amide bonds. The van der Waals surface area contributed by atoms with Crippen LogP contribution in [-0.2, 0) is 12.7 Å². The molecule has 1 saturated heterocycles. The van der Waals surface area contributed by atoms with Crippen LogP contribution in [0.4, 0.5) is 18.9 Å². The summed E-state index contributed by atoms with van der Waals surface area (Å²) < 4.78 is 38.2. The lowest BCUT2D eigenvalue weighted by atomic mass is 9.96. The Morgan fingerprint density at radius 2 is 2.06 bits per heavy atom. The van der Waals surface area contributed by atoms with Crippen LogP contribution in [0.5, 0.6) is 0 Å². The molecule has 0 aliphatic carbocycles. The highest BCUT2D eigenvalue weighted by Crippen LogP contribution is 2.30. The quantitative estimate of drug-likeness (QED) is 0.555. The summed E-state index contributed by atoms with van der Waals surface area (Å²) in [7, 11) is 1.59. The van der Waals surface area contributed by atoms with Crippen molar-refractivity contribution in [2.45, 2.75) is 44.6 Å². The molecule has 1 aliphatic heterocycles. The molecule has 3 N–H and O–H groups in total. The molecule has 32 heavy (non-hydrogen) atoms. The minimum atomic E-state index is -4.43. The predicted molar refractivity (Wildman–Crippen MR) is 115 cm³/mol. The molecule has 4 rings (SSSR count). The monoisotopic (exact) mass is 446 g/mol. The molecule has 3 aromatic rings. The zero-order valence-electron chi connectivity index (χ0n) is 17.8. The van der Waals surface area contributed by atoms with Crippen LogP contribution in [0.2, 0.25) is 0 Å². The number of carbonyl (C=O) groups excluding carboxylic acids is 1. The molecule has 0 spiro atoms. The predicted octanol–water partition coefficient (Wildman–Crippen LogP) is 3.80. The van der Waals surface area contributed by atoms with Gasteiger partial charge in [-0.2, -0.15) is 13.2 Å². The maximum atomic E-state index is 12.7. The number of amides is 1. The van der Waals surface area contributed by atoms with E-state index in [0.29, 0.717) is 17.8 Å². The first-order valence-corrected chi connectivity index (χ1v) is 10.5. The Balaban J connectivity index is 1.44. The Morgan fingerprint density at radius 3 is 2.72 bits per heavy atom. The SMILES string of the molecule is CNC(=O)c1cnc2[nH]ccc2c1N[C@@H]1CCN(Cc2ccc(C(F)(F)F)nc2)[C@H](C)C1. The number of H-pyrrole nitrogens is 1.